The molecular weight excluding hydrogens is 170 g/mol. The molecule has 0 saturated heterocycles. The average molecular weight is 189 g/mol. The van der Waals surface area contributed by atoms with Crippen LogP contribution in [0.2, 0.25) is 0 Å². The van der Waals surface area contributed by atoms with Crippen LogP contribution < -0.4 is 18.1 Å². The van der Waals surface area contributed by atoms with Gasteiger partial charge >= 0.3 is 0 Å². The second-order valence-electron chi connectivity index (χ2n) is 5.22. The monoisotopic (exact) mass is 188 g/mol. The van der Waals surface area contributed by atoms with E-state index in [-0.39, 0.29) is 12.4 Å². The number of hydrogen-bond acceptors (Lipinski definition) is 1. The van der Waals surface area contributed by atoms with E-state index in [9.17, 15) is 0 Å². The topological polar surface area (TPSA) is 26.0 Å². The van der Waals surface area contributed by atoms with E-state index in [4.69, 9.17) is 5.73 Å². The van der Waals surface area contributed by atoms with E-state index >= 15 is 0 Å². The van der Waals surface area contributed by atoms with E-state index in [0.29, 0.717) is 16.9 Å². The lowest BCUT2D eigenvalue weighted by Crippen LogP contribution is -3.00. The van der Waals surface area contributed by atoms with Gasteiger partial charge in [0.25, 0.3) is 0 Å². The minimum Gasteiger partial charge on any atom is -1.00 e. The number of hydrogen-bond donors (Lipinski definition) is 1. The first-order valence-corrected chi connectivity index (χ1v) is 4.74. The summed E-state index contributed by atoms with van der Waals surface area (Å²) in [5, 5.41) is 0. The Labute approximate surface area is 81.5 Å². The largest absolute Gasteiger partial charge is 1.00 e. The van der Waals surface area contributed by atoms with Crippen molar-refractivity contribution in [3.8, 4) is 0 Å². The molecule has 2 rings (SSSR count). The van der Waals surface area contributed by atoms with Crippen molar-refractivity contribution in [3.63, 3.8) is 0 Å². The Hall–Kier alpha value is 0.250. The summed E-state index contributed by atoms with van der Waals surface area (Å²) in [5.74, 6) is 0.905. The molecule has 0 aliphatic heterocycles. The normalized spacial score (nSPS) is 49.0. The van der Waals surface area contributed by atoms with Gasteiger partial charge in [-0.2, -0.15) is 0 Å². The Bertz CT molecular complexity index is 190. The molecule has 2 fully saturated rings. The summed E-state index contributed by atoms with van der Waals surface area (Å²) in [6.07, 6.45) is 4.03. The summed E-state index contributed by atoms with van der Waals surface area (Å²) in [7, 11) is 0. The van der Waals surface area contributed by atoms with Crippen LogP contribution in [0.25, 0.3) is 0 Å². The van der Waals surface area contributed by atoms with Gasteiger partial charge in [0.1, 0.15) is 0 Å². The highest BCUT2D eigenvalue weighted by Gasteiger charge is 2.59. The van der Waals surface area contributed by atoms with Gasteiger partial charge < -0.3 is 18.1 Å². The van der Waals surface area contributed by atoms with E-state index in [0.717, 1.165) is 5.92 Å². The van der Waals surface area contributed by atoms with Crippen molar-refractivity contribution in [2.45, 2.75) is 46.1 Å². The first kappa shape index (κ1) is 10.3. The zero-order valence-electron chi connectivity index (χ0n) is 8.23. The molecule has 0 aromatic carbocycles. The lowest BCUT2D eigenvalue weighted by molar-refractivity contribution is -0.00000277. The third-order valence-electron chi connectivity index (χ3n) is 4.86. The fourth-order valence-corrected chi connectivity index (χ4v) is 3.27. The van der Waals surface area contributed by atoms with Crippen molar-refractivity contribution in [2.24, 2.45) is 22.5 Å². The van der Waals surface area contributed by atoms with Gasteiger partial charge in [-0.3, -0.25) is 0 Å². The van der Waals surface area contributed by atoms with Crippen molar-refractivity contribution in [2.75, 3.05) is 0 Å². The molecule has 2 heteroatoms. The lowest BCUT2D eigenvalue weighted by atomic mass is 9.69. The Morgan fingerprint density at radius 1 is 1.25 bits per heavy atom. The summed E-state index contributed by atoms with van der Waals surface area (Å²) in [6.45, 7) is 7.18. The molecule has 0 radical (unpaired) electrons. The maximum absolute atomic E-state index is 6.13. The van der Waals surface area contributed by atoms with Crippen molar-refractivity contribution in [3.05, 3.63) is 0 Å². The molecule has 72 valence electrons. The fraction of sp³-hybridized carbons (Fsp3) is 1.00. The molecular formula is C10H19ClN-. The molecule has 0 heterocycles. The molecule has 3 unspecified atom stereocenters. The molecule has 0 aromatic rings. The predicted octanol–water partition coefficient (Wildman–Crippen LogP) is -0.836. The van der Waals surface area contributed by atoms with E-state index in [1.165, 1.54) is 19.3 Å². The lowest BCUT2D eigenvalue weighted by Gasteiger charge is -2.37. The van der Waals surface area contributed by atoms with Gasteiger partial charge in [0.05, 0.1) is 0 Å². The third kappa shape index (κ3) is 0.898. The molecule has 1 nitrogen and oxygen atoms in total. The summed E-state index contributed by atoms with van der Waals surface area (Å²) < 4.78 is 0. The summed E-state index contributed by atoms with van der Waals surface area (Å²) in [4.78, 5) is 0. The quantitative estimate of drug-likeness (QED) is 0.528. The van der Waals surface area contributed by atoms with Gasteiger partial charge in [0.2, 0.25) is 0 Å². The van der Waals surface area contributed by atoms with Gasteiger partial charge in [-0.1, -0.05) is 20.8 Å². The van der Waals surface area contributed by atoms with Gasteiger partial charge in [0.15, 0.2) is 0 Å². The summed E-state index contributed by atoms with van der Waals surface area (Å²) in [6, 6.07) is 0.469. The number of fused-ring (bicyclic) bond motifs is 2. The Morgan fingerprint density at radius 3 is 2.00 bits per heavy atom. The molecule has 0 aromatic heterocycles. The zero-order chi connectivity index (χ0) is 8.28. The maximum atomic E-state index is 6.13. The highest BCUT2D eigenvalue weighted by atomic mass is 35.5. The first-order chi connectivity index (χ1) is 4.98. The van der Waals surface area contributed by atoms with E-state index < -0.39 is 0 Å². The zero-order valence-corrected chi connectivity index (χ0v) is 8.99. The van der Waals surface area contributed by atoms with E-state index in [1.54, 1.807) is 0 Å². The van der Waals surface area contributed by atoms with Crippen LogP contribution in [0.3, 0.4) is 0 Å². The number of halogens is 1. The minimum atomic E-state index is 0. The van der Waals surface area contributed by atoms with Crippen molar-refractivity contribution < 1.29 is 12.4 Å². The molecule has 0 spiro atoms. The second-order valence-corrected chi connectivity index (χ2v) is 5.22. The van der Waals surface area contributed by atoms with Gasteiger partial charge in [-0.15, -0.1) is 0 Å². The van der Waals surface area contributed by atoms with Crippen LogP contribution in [0.1, 0.15) is 40.0 Å². The van der Waals surface area contributed by atoms with Crippen LogP contribution in [0.5, 0.6) is 0 Å². The third-order valence-corrected chi connectivity index (χ3v) is 4.86. The smallest absolute Gasteiger partial charge is 0.0101 e. The van der Waals surface area contributed by atoms with Crippen LogP contribution in [0.4, 0.5) is 0 Å². The molecule has 2 bridgehead atoms. The van der Waals surface area contributed by atoms with E-state index in [1.807, 2.05) is 0 Å². The summed E-state index contributed by atoms with van der Waals surface area (Å²) in [5.41, 5.74) is 7.08. The van der Waals surface area contributed by atoms with Crippen molar-refractivity contribution in [1.82, 2.24) is 0 Å². The number of nitrogens with two attached hydrogens (primary N) is 1. The van der Waals surface area contributed by atoms with Crippen molar-refractivity contribution >= 4 is 0 Å². The molecule has 2 aliphatic rings. The van der Waals surface area contributed by atoms with Crippen LogP contribution >= 0.6 is 0 Å². The molecule has 2 N–H and O–H groups in total. The van der Waals surface area contributed by atoms with Crippen LogP contribution in [-0.4, -0.2) is 6.04 Å². The first-order valence-electron chi connectivity index (χ1n) is 4.74. The fourth-order valence-electron chi connectivity index (χ4n) is 3.27. The minimum absolute atomic E-state index is 0. The number of rotatable bonds is 0. The van der Waals surface area contributed by atoms with Crippen molar-refractivity contribution in [1.29, 1.82) is 0 Å². The Kier molecular flexibility index (Phi) is 2.25. The predicted molar refractivity (Wildman–Crippen MR) is 47.2 cm³/mol. The highest BCUT2D eigenvalue weighted by molar-refractivity contribution is 5.11. The maximum Gasteiger partial charge on any atom is 0.0101 e. The van der Waals surface area contributed by atoms with Gasteiger partial charge in [0, 0.05) is 6.04 Å². The summed E-state index contributed by atoms with van der Waals surface area (Å²) >= 11 is 0. The van der Waals surface area contributed by atoms with E-state index in [2.05, 4.69) is 20.8 Å². The average Bonchev–Trinajstić information content (AvgIpc) is 2.20. The van der Waals surface area contributed by atoms with Gasteiger partial charge in [-0.25, -0.2) is 0 Å². The SMILES string of the molecule is CC1(C)C2CCC1(C)C(N)C2.[Cl-]. The standard InChI is InChI=1S/C10H19N.ClH/c1-9(2)7-4-5-10(9,3)8(11)6-7;/h7-8H,4-6,11H2,1-3H3;1H/p-1. The second kappa shape index (κ2) is 2.62. The molecule has 2 aliphatic carbocycles. The molecule has 0 amide bonds. The highest BCUT2D eigenvalue weighted by Crippen LogP contribution is 2.64. The van der Waals surface area contributed by atoms with Crippen LogP contribution in [0, 0.1) is 16.7 Å². The molecule has 2 saturated carbocycles. The van der Waals surface area contributed by atoms with Crippen LogP contribution in [-0.2, 0) is 0 Å². The Morgan fingerprint density at radius 2 is 1.83 bits per heavy atom. The van der Waals surface area contributed by atoms with Crippen LogP contribution in [0.15, 0.2) is 0 Å². The van der Waals surface area contributed by atoms with Gasteiger partial charge in [-0.05, 0) is 36.0 Å². The molecule has 12 heavy (non-hydrogen) atoms. The Balaban J connectivity index is 0.000000720. The molecule has 3 atom stereocenters.